The highest BCUT2D eigenvalue weighted by Crippen LogP contribution is 2.26. The number of nitro benzene ring substituents is 1. The number of benzene rings is 4. The van der Waals surface area contributed by atoms with E-state index in [1.807, 2.05) is 36.4 Å². The minimum Gasteiger partial charge on any atom is -0.289 e. The third-order valence-corrected chi connectivity index (χ3v) is 5.53. The first-order valence-corrected chi connectivity index (χ1v) is 9.72. The van der Waals surface area contributed by atoms with E-state index in [-0.39, 0.29) is 22.5 Å². The summed E-state index contributed by atoms with van der Waals surface area (Å²) in [6.45, 7) is 0. The summed E-state index contributed by atoms with van der Waals surface area (Å²) in [4.78, 5) is 37.7. The Morgan fingerprint density at radius 1 is 0.710 bits per heavy atom. The molecule has 5 aromatic carbocycles. The third-order valence-electron chi connectivity index (χ3n) is 5.53. The Morgan fingerprint density at radius 3 is 2.00 bits per heavy atom. The van der Waals surface area contributed by atoms with Crippen molar-refractivity contribution in [3.63, 3.8) is 0 Å². The van der Waals surface area contributed by atoms with E-state index in [9.17, 15) is 19.7 Å². The maximum Gasteiger partial charge on any atom is 0.269 e. The zero-order valence-electron chi connectivity index (χ0n) is 16.2. The van der Waals surface area contributed by atoms with Crippen LogP contribution in [-0.4, -0.2) is 10.7 Å². The van der Waals surface area contributed by atoms with E-state index in [0.717, 1.165) is 10.8 Å². The van der Waals surface area contributed by atoms with Gasteiger partial charge in [-0.3, -0.25) is 19.7 Å². The van der Waals surface area contributed by atoms with Gasteiger partial charge in [0.1, 0.15) is 0 Å². The monoisotopic (exact) mass is 405 g/mol. The molecule has 5 aromatic rings. The molecule has 0 heterocycles. The van der Waals surface area contributed by atoms with Crippen LogP contribution in [0.25, 0.3) is 27.1 Å². The number of carbonyl (C=O) groups is 1. The summed E-state index contributed by atoms with van der Waals surface area (Å²) < 4.78 is 0. The van der Waals surface area contributed by atoms with Crippen molar-refractivity contribution in [3.8, 4) is 0 Å². The maximum atomic E-state index is 13.6. The highest BCUT2D eigenvalue weighted by molar-refractivity contribution is 6.30. The van der Waals surface area contributed by atoms with E-state index in [2.05, 4.69) is 0 Å². The summed E-state index contributed by atoms with van der Waals surface area (Å²) in [5, 5.41) is 14.4. The molecular weight excluding hydrogens is 390 g/mol. The molecule has 31 heavy (non-hydrogen) atoms. The van der Waals surface area contributed by atoms with Gasteiger partial charge in [0.2, 0.25) is 0 Å². The maximum absolute atomic E-state index is 13.6. The second kappa shape index (κ2) is 7.15. The number of rotatable bonds is 4. The van der Waals surface area contributed by atoms with Crippen LogP contribution >= 0.6 is 0 Å². The van der Waals surface area contributed by atoms with E-state index in [0.29, 0.717) is 27.1 Å². The highest BCUT2D eigenvalue weighted by atomic mass is 16.6. The van der Waals surface area contributed by atoms with E-state index in [1.54, 1.807) is 30.3 Å². The number of carbonyl (C=O) groups excluding carboxylic acids is 1. The molecule has 5 rings (SSSR count). The molecule has 5 heteroatoms. The zero-order valence-corrected chi connectivity index (χ0v) is 16.2. The summed E-state index contributed by atoms with van der Waals surface area (Å²) in [5.41, 5.74) is 0.856. The first-order chi connectivity index (χ1) is 15.1. The average molecular weight is 405 g/mol. The van der Waals surface area contributed by atoms with Crippen LogP contribution in [0.2, 0.25) is 0 Å². The number of hydrogen-bond donors (Lipinski definition) is 0. The molecule has 0 amide bonds. The van der Waals surface area contributed by atoms with Gasteiger partial charge in [-0.25, -0.2) is 0 Å². The molecule has 5 nitrogen and oxygen atoms in total. The van der Waals surface area contributed by atoms with Crippen molar-refractivity contribution in [2.75, 3.05) is 0 Å². The van der Waals surface area contributed by atoms with Crippen molar-refractivity contribution in [1.82, 2.24) is 0 Å². The molecule has 0 aromatic heterocycles. The molecular formula is C26H15NO4. The second-order valence-corrected chi connectivity index (χ2v) is 7.29. The quantitative estimate of drug-likeness (QED) is 0.251. The van der Waals surface area contributed by atoms with Crippen molar-refractivity contribution in [2.24, 2.45) is 0 Å². The van der Waals surface area contributed by atoms with Crippen LogP contribution in [0.5, 0.6) is 0 Å². The van der Waals surface area contributed by atoms with Gasteiger partial charge in [0.25, 0.3) is 5.69 Å². The minimum absolute atomic E-state index is 0.0802. The van der Waals surface area contributed by atoms with Gasteiger partial charge in [0, 0.05) is 39.3 Å². The van der Waals surface area contributed by atoms with E-state index >= 15 is 0 Å². The predicted molar refractivity (Wildman–Crippen MR) is 121 cm³/mol. The number of Topliss-reactive ketones (excluding diaryl/α,β-unsaturated/α-hetero) is 1. The molecule has 148 valence electrons. The Morgan fingerprint density at radius 2 is 1.35 bits per heavy atom. The minimum atomic E-state index is -0.493. The highest BCUT2D eigenvalue weighted by Gasteiger charge is 2.21. The Kier molecular flexibility index (Phi) is 4.30. The standard InChI is InChI=1S/C26H15NO4/c28-25(18-6-2-1-3-7-18)23(17-12-14-19(15-13-17)27(30)31)24-20-10-4-8-16-9-5-11-21(22(16)20)26(24)29/h1-15H/b24-23-. The zero-order chi connectivity index (χ0) is 21.5. The number of nitro groups is 1. The average Bonchev–Trinajstić information content (AvgIpc) is 3.09. The predicted octanol–water partition coefficient (Wildman–Crippen LogP) is 4.50. The van der Waals surface area contributed by atoms with Gasteiger partial charge in [0.15, 0.2) is 11.2 Å². The third kappa shape index (κ3) is 2.95. The fourth-order valence-corrected chi connectivity index (χ4v) is 4.12. The molecule has 0 aliphatic rings. The molecule has 0 aliphatic heterocycles. The second-order valence-electron chi connectivity index (χ2n) is 7.29. The van der Waals surface area contributed by atoms with Gasteiger partial charge < -0.3 is 0 Å². The fraction of sp³-hybridized carbons (Fsp3) is 0. The Bertz CT molecular complexity index is 1570. The number of hydrogen-bond acceptors (Lipinski definition) is 4. The molecule has 0 bridgehead atoms. The van der Waals surface area contributed by atoms with Crippen LogP contribution in [0.3, 0.4) is 0 Å². The summed E-state index contributed by atoms with van der Waals surface area (Å²) in [6, 6.07) is 25.6. The van der Waals surface area contributed by atoms with Crippen molar-refractivity contribution in [1.29, 1.82) is 0 Å². The molecule has 0 atom stereocenters. The van der Waals surface area contributed by atoms with Crippen molar-refractivity contribution in [2.45, 2.75) is 0 Å². The van der Waals surface area contributed by atoms with Crippen molar-refractivity contribution < 1.29 is 9.72 Å². The normalized spacial score (nSPS) is 12.3. The fourth-order valence-electron chi connectivity index (χ4n) is 4.12. The van der Waals surface area contributed by atoms with Gasteiger partial charge in [-0.1, -0.05) is 66.7 Å². The number of ketones is 1. The van der Waals surface area contributed by atoms with Crippen LogP contribution in [-0.2, 0) is 0 Å². The first kappa shape index (κ1) is 18.6. The number of non-ortho nitro benzene ring substituents is 1. The molecule has 0 fully saturated rings. The lowest BCUT2D eigenvalue weighted by molar-refractivity contribution is -0.384. The molecule has 0 saturated carbocycles. The molecule has 0 saturated heterocycles. The van der Waals surface area contributed by atoms with Gasteiger partial charge in [-0.05, 0) is 28.5 Å². The van der Waals surface area contributed by atoms with Gasteiger partial charge in [0.05, 0.1) is 4.92 Å². The van der Waals surface area contributed by atoms with Crippen molar-refractivity contribution in [3.05, 3.63) is 128 Å². The van der Waals surface area contributed by atoms with Crippen LogP contribution in [0.1, 0.15) is 15.9 Å². The lowest BCUT2D eigenvalue weighted by Crippen LogP contribution is -2.26. The molecule has 0 spiro atoms. The largest absolute Gasteiger partial charge is 0.289 e. The SMILES string of the molecule is O=C(/C(c1ccc([N+](=O)[O-])cc1)=c1\c(=O)c2cccc3cccc1c32)c1ccccc1. The molecule has 0 aliphatic carbocycles. The Balaban J connectivity index is 1.94. The summed E-state index contributed by atoms with van der Waals surface area (Å²) in [7, 11) is 0. The number of nitrogens with zero attached hydrogens (tertiary/aromatic N) is 1. The van der Waals surface area contributed by atoms with Gasteiger partial charge >= 0.3 is 0 Å². The molecule has 0 unspecified atom stereocenters. The summed E-state index contributed by atoms with van der Waals surface area (Å²) in [5.74, 6) is -0.303. The summed E-state index contributed by atoms with van der Waals surface area (Å²) in [6.07, 6.45) is 0. The lowest BCUT2D eigenvalue weighted by Gasteiger charge is -2.07. The molecule has 0 N–H and O–H groups in total. The Hall–Kier alpha value is -4.38. The van der Waals surface area contributed by atoms with Crippen LogP contribution in [0, 0.1) is 10.1 Å². The van der Waals surface area contributed by atoms with Gasteiger partial charge in [-0.2, -0.15) is 0 Å². The Labute approximate surface area is 176 Å². The topological polar surface area (TPSA) is 77.3 Å². The van der Waals surface area contributed by atoms with Crippen molar-refractivity contribution >= 4 is 38.6 Å². The summed E-state index contributed by atoms with van der Waals surface area (Å²) >= 11 is 0. The van der Waals surface area contributed by atoms with E-state index in [4.69, 9.17) is 0 Å². The van der Waals surface area contributed by atoms with Crippen LogP contribution in [0.15, 0.2) is 95.8 Å². The molecule has 0 radical (unpaired) electrons. The van der Waals surface area contributed by atoms with Crippen LogP contribution in [0.4, 0.5) is 5.69 Å². The van der Waals surface area contributed by atoms with Gasteiger partial charge in [-0.15, -0.1) is 0 Å². The lowest BCUT2D eigenvalue weighted by atomic mass is 9.94. The first-order valence-electron chi connectivity index (χ1n) is 9.72. The van der Waals surface area contributed by atoms with E-state index in [1.165, 1.54) is 24.3 Å². The smallest absolute Gasteiger partial charge is 0.269 e. The van der Waals surface area contributed by atoms with Crippen LogP contribution < -0.4 is 10.6 Å². The van der Waals surface area contributed by atoms with E-state index < -0.39 is 4.92 Å².